The molecule has 0 aliphatic heterocycles. The van der Waals surface area contributed by atoms with E-state index in [0.29, 0.717) is 28.8 Å². The Morgan fingerprint density at radius 1 is 1.06 bits per heavy atom. The van der Waals surface area contributed by atoms with Gasteiger partial charge < -0.3 is 10.2 Å². The second-order valence-electron chi connectivity index (χ2n) is 7.10. The number of nitrogens with zero attached hydrogens (tertiary/aromatic N) is 1. The first-order chi connectivity index (χ1) is 14.8. The van der Waals surface area contributed by atoms with E-state index < -0.39 is 6.04 Å². The molecule has 2 amide bonds. The molecule has 0 aliphatic rings. The van der Waals surface area contributed by atoms with Gasteiger partial charge in [0.2, 0.25) is 11.8 Å². The molecule has 1 atom stereocenters. The fourth-order valence-electron chi connectivity index (χ4n) is 3.04. The molecule has 4 nitrogen and oxygen atoms in total. The Labute approximate surface area is 197 Å². The number of nitrogens with one attached hydrogen (secondary N) is 1. The van der Waals surface area contributed by atoms with Gasteiger partial charge in [-0.15, -0.1) is 11.8 Å². The Bertz CT molecular complexity index is 880. The van der Waals surface area contributed by atoms with E-state index in [4.69, 9.17) is 23.2 Å². The molecule has 0 saturated carbocycles. The molecule has 0 bridgehead atoms. The van der Waals surface area contributed by atoms with Gasteiger partial charge in [-0.3, -0.25) is 9.59 Å². The van der Waals surface area contributed by atoms with Gasteiger partial charge in [0, 0.05) is 18.8 Å². The Hall–Kier alpha value is -1.76. The molecule has 1 N–H and O–H groups in total. The predicted molar refractivity (Wildman–Crippen MR) is 127 cm³/mol. The lowest BCUT2D eigenvalue weighted by Gasteiger charge is -2.30. The van der Waals surface area contributed by atoms with E-state index in [0.717, 1.165) is 17.5 Å². The van der Waals surface area contributed by atoms with Gasteiger partial charge >= 0.3 is 0 Å². The second-order valence-corrected chi connectivity index (χ2v) is 8.90. The van der Waals surface area contributed by atoms with Crippen molar-refractivity contribution in [2.75, 3.05) is 12.3 Å². The number of hydrogen-bond donors (Lipinski definition) is 1. The fourth-order valence-corrected chi connectivity index (χ4v) is 4.23. The van der Waals surface area contributed by atoms with E-state index in [9.17, 15) is 14.0 Å². The molecular weight excluding hydrogens is 458 g/mol. The van der Waals surface area contributed by atoms with Crippen molar-refractivity contribution in [1.82, 2.24) is 10.2 Å². The number of hydrogen-bond acceptors (Lipinski definition) is 3. The number of halogens is 3. The average Bonchev–Trinajstić information content (AvgIpc) is 2.75. The topological polar surface area (TPSA) is 49.4 Å². The van der Waals surface area contributed by atoms with Crippen LogP contribution in [0, 0.1) is 5.82 Å². The molecule has 1 unspecified atom stereocenters. The molecule has 0 heterocycles. The van der Waals surface area contributed by atoms with Gasteiger partial charge in [0.05, 0.1) is 15.8 Å². The predicted octanol–water partition coefficient (Wildman–Crippen LogP) is 5.70. The van der Waals surface area contributed by atoms with Crippen molar-refractivity contribution < 1.29 is 14.0 Å². The minimum absolute atomic E-state index is 0.142. The lowest BCUT2D eigenvalue weighted by molar-refractivity contribution is -0.139. The maximum absolute atomic E-state index is 13.1. The van der Waals surface area contributed by atoms with Crippen molar-refractivity contribution in [2.45, 2.75) is 45.0 Å². The maximum atomic E-state index is 13.1. The van der Waals surface area contributed by atoms with Gasteiger partial charge in [-0.25, -0.2) is 4.39 Å². The lowest BCUT2D eigenvalue weighted by atomic mass is 10.1. The van der Waals surface area contributed by atoms with Crippen molar-refractivity contribution in [3.05, 3.63) is 69.5 Å². The molecule has 2 rings (SSSR count). The van der Waals surface area contributed by atoms with Crippen molar-refractivity contribution in [1.29, 1.82) is 0 Å². The van der Waals surface area contributed by atoms with Crippen LogP contribution in [0.4, 0.5) is 4.39 Å². The molecule has 0 aliphatic carbocycles. The first kappa shape index (κ1) is 25.5. The van der Waals surface area contributed by atoms with E-state index in [1.165, 1.54) is 23.9 Å². The molecule has 0 fully saturated rings. The maximum Gasteiger partial charge on any atom is 0.242 e. The van der Waals surface area contributed by atoms with Crippen molar-refractivity contribution >= 4 is 46.8 Å². The summed E-state index contributed by atoms with van der Waals surface area (Å²) in [6.07, 6.45) is 1.31. The molecule has 0 aromatic heterocycles. The molecule has 2 aromatic carbocycles. The van der Waals surface area contributed by atoms with Gasteiger partial charge in [-0.1, -0.05) is 55.2 Å². The molecule has 0 saturated heterocycles. The van der Waals surface area contributed by atoms with Crippen LogP contribution >= 0.6 is 35.0 Å². The number of benzene rings is 2. The number of amides is 2. The molecule has 8 heteroatoms. The van der Waals surface area contributed by atoms with E-state index in [2.05, 4.69) is 5.32 Å². The summed E-state index contributed by atoms with van der Waals surface area (Å²) < 4.78 is 13.1. The Balaban J connectivity index is 2.13. The van der Waals surface area contributed by atoms with Gasteiger partial charge in [0.1, 0.15) is 11.9 Å². The fraction of sp³-hybridized carbons (Fsp3) is 0.391. The van der Waals surface area contributed by atoms with Crippen molar-refractivity contribution in [3.63, 3.8) is 0 Å². The van der Waals surface area contributed by atoms with Gasteiger partial charge in [-0.2, -0.15) is 0 Å². The lowest BCUT2D eigenvalue weighted by Crippen LogP contribution is -2.49. The second kappa shape index (κ2) is 12.9. The number of carbonyl (C=O) groups is 2. The summed E-state index contributed by atoms with van der Waals surface area (Å²) in [6.45, 7) is 4.68. The monoisotopic (exact) mass is 484 g/mol. The highest BCUT2D eigenvalue weighted by atomic mass is 35.5. The highest BCUT2D eigenvalue weighted by Crippen LogP contribution is 2.24. The Morgan fingerprint density at radius 2 is 1.74 bits per heavy atom. The van der Waals surface area contributed by atoms with Crippen LogP contribution in [0.5, 0.6) is 0 Å². The summed E-state index contributed by atoms with van der Waals surface area (Å²) in [6, 6.07) is 10.8. The first-order valence-corrected chi connectivity index (χ1v) is 12.1. The standard InChI is InChI=1S/C23H27Cl2FN2O2S/c1-3-11-27-23(30)21(4-2)28(13-17-7-10-19(24)20(25)12-17)22(29)15-31-14-16-5-8-18(26)9-6-16/h5-10,12,21H,3-4,11,13-15H2,1-2H3,(H,27,30). The smallest absolute Gasteiger partial charge is 0.242 e. The minimum Gasteiger partial charge on any atom is -0.354 e. The third-order valence-corrected chi connectivity index (χ3v) is 6.41. The van der Waals surface area contributed by atoms with Crippen molar-refractivity contribution in [3.8, 4) is 0 Å². The van der Waals surface area contributed by atoms with Crippen LogP contribution in [0.15, 0.2) is 42.5 Å². The zero-order valence-electron chi connectivity index (χ0n) is 17.7. The molecule has 168 valence electrons. The van der Waals surface area contributed by atoms with Crippen LogP contribution in [0.2, 0.25) is 10.0 Å². The Morgan fingerprint density at radius 3 is 2.35 bits per heavy atom. The third kappa shape index (κ3) is 8.02. The quantitative estimate of drug-likeness (QED) is 0.444. The van der Waals surface area contributed by atoms with Crippen LogP contribution in [0.25, 0.3) is 0 Å². The summed E-state index contributed by atoms with van der Waals surface area (Å²) in [7, 11) is 0. The minimum atomic E-state index is -0.583. The molecular formula is C23H27Cl2FN2O2S. The third-order valence-electron chi connectivity index (χ3n) is 4.68. The summed E-state index contributed by atoms with van der Waals surface area (Å²) >= 11 is 13.6. The molecule has 31 heavy (non-hydrogen) atoms. The van der Waals surface area contributed by atoms with Crippen LogP contribution < -0.4 is 5.32 Å². The molecule has 2 aromatic rings. The van der Waals surface area contributed by atoms with Gasteiger partial charge in [-0.05, 0) is 48.2 Å². The average molecular weight is 485 g/mol. The first-order valence-electron chi connectivity index (χ1n) is 10.2. The normalized spacial score (nSPS) is 11.8. The summed E-state index contributed by atoms with van der Waals surface area (Å²) in [5.74, 6) is 0.182. The van der Waals surface area contributed by atoms with E-state index in [1.807, 2.05) is 13.8 Å². The van der Waals surface area contributed by atoms with Crippen LogP contribution in [0.1, 0.15) is 37.8 Å². The highest BCUT2D eigenvalue weighted by Gasteiger charge is 2.28. The zero-order chi connectivity index (χ0) is 22.8. The van der Waals surface area contributed by atoms with Crippen molar-refractivity contribution in [2.24, 2.45) is 0 Å². The highest BCUT2D eigenvalue weighted by molar-refractivity contribution is 7.99. The zero-order valence-corrected chi connectivity index (χ0v) is 20.0. The van der Waals surface area contributed by atoms with E-state index in [-0.39, 0.29) is 29.9 Å². The van der Waals surface area contributed by atoms with E-state index >= 15 is 0 Å². The van der Waals surface area contributed by atoms with Crippen LogP contribution in [-0.4, -0.2) is 35.1 Å². The van der Waals surface area contributed by atoms with E-state index in [1.54, 1.807) is 35.2 Å². The summed E-state index contributed by atoms with van der Waals surface area (Å²) in [4.78, 5) is 27.5. The number of carbonyl (C=O) groups excluding carboxylic acids is 2. The SMILES string of the molecule is CCCNC(=O)C(CC)N(Cc1ccc(Cl)c(Cl)c1)C(=O)CSCc1ccc(F)cc1. The number of thioether (sulfide) groups is 1. The summed E-state index contributed by atoms with van der Waals surface area (Å²) in [5.41, 5.74) is 1.73. The van der Waals surface area contributed by atoms with Crippen LogP contribution in [-0.2, 0) is 21.9 Å². The molecule has 0 radical (unpaired) electrons. The van der Waals surface area contributed by atoms with Crippen LogP contribution in [0.3, 0.4) is 0 Å². The number of rotatable bonds is 11. The largest absolute Gasteiger partial charge is 0.354 e. The van der Waals surface area contributed by atoms with Gasteiger partial charge in [0.15, 0.2) is 0 Å². The van der Waals surface area contributed by atoms with Gasteiger partial charge in [0.25, 0.3) is 0 Å². The molecule has 0 spiro atoms. The summed E-state index contributed by atoms with van der Waals surface area (Å²) in [5, 5.41) is 3.73. The Kier molecular flexibility index (Phi) is 10.6.